The molecule has 190 valence electrons. The van der Waals surface area contributed by atoms with Crippen LogP contribution in [-0.2, 0) is 17.8 Å². The zero-order chi connectivity index (χ0) is 25.6. The summed E-state index contributed by atoms with van der Waals surface area (Å²) in [6.45, 7) is -0.0743. The molecule has 0 fully saturated rings. The van der Waals surface area contributed by atoms with Crippen LogP contribution in [0.1, 0.15) is 28.9 Å². The number of rotatable bonds is 10. The number of ether oxygens (including phenoxy) is 1. The standard InChI is InChI=1S/C20H23F4N7O3S/c1-25-18(33)15-11-31(29-27-15)10-13(21)6-7-17-28-30(2)19(35-17)26-16(32)9-12-4-3-5-14(8-12)34-20(22,23)24/h3-5,8,11,13,19H,6-7,9-10H2,1-2H3,(H,25,33)(H,26,32)/t13-,19?/m1/s1. The van der Waals surface area contributed by atoms with Gasteiger partial charge in [0.05, 0.1) is 24.2 Å². The zero-order valence-electron chi connectivity index (χ0n) is 18.8. The SMILES string of the molecule is CNC(=O)c1cn(C[C@H](F)CCC2=NN(C)C(NC(=O)Cc3cccc(OC(F)(F)F)c3)S2)nn1. The van der Waals surface area contributed by atoms with Gasteiger partial charge in [-0.05, 0) is 24.1 Å². The quantitative estimate of drug-likeness (QED) is 0.465. The maximum absolute atomic E-state index is 14.4. The van der Waals surface area contributed by atoms with Crippen molar-refractivity contribution in [2.24, 2.45) is 5.10 Å². The van der Waals surface area contributed by atoms with Crippen LogP contribution in [0.4, 0.5) is 17.6 Å². The summed E-state index contributed by atoms with van der Waals surface area (Å²) in [7, 11) is 3.10. The van der Waals surface area contributed by atoms with E-state index in [1.54, 1.807) is 7.05 Å². The smallest absolute Gasteiger partial charge is 0.406 e. The Labute approximate surface area is 202 Å². The number of alkyl halides is 4. The Bertz CT molecular complexity index is 1080. The lowest BCUT2D eigenvalue weighted by Crippen LogP contribution is -2.40. The number of hydrogen-bond acceptors (Lipinski definition) is 8. The fourth-order valence-corrected chi connectivity index (χ4v) is 4.17. The van der Waals surface area contributed by atoms with Gasteiger partial charge in [-0.2, -0.15) is 5.10 Å². The second-order valence-corrected chi connectivity index (χ2v) is 8.67. The van der Waals surface area contributed by atoms with Crippen LogP contribution in [0.15, 0.2) is 35.6 Å². The Hall–Kier alpha value is -3.36. The van der Waals surface area contributed by atoms with Crippen molar-refractivity contribution in [2.75, 3.05) is 14.1 Å². The molecule has 1 unspecified atom stereocenters. The van der Waals surface area contributed by atoms with Crippen LogP contribution in [0.5, 0.6) is 5.75 Å². The number of benzene rings is 1. The first-order valence-electron chi connectivity index (χ1n) is 10.4. The van der Waals surface area contributed by atoms with Gasteiger partial charge in [0.1, 0.15) is 11.9 Å². The lowest BCUT2D eigenvalue weighted by atomic mass is 10.1. The van der Waals surface area contributed by atoms with Gasteiger partial charge in [-0.25, -0.2) is 9.07 Å². The second kappa shape index (κ2) is 11.4. The van der Waals surface area contributed by atoms with E-state index in [4.69, 9.17) is 0 Å². The number of nitrogens with one attached hydrogen (secondary N) is 2. The Morgan fingerprint density at radius 3 is 2.80 bits per heavy atom. The second-order valence-electron chi connectivity index (χ2n) is 7.52. The monoisotopic (exact) mass is 517 g/mol. The van der Waals surface area contributed by atoms with E-state index in [0.717, 1.165) is 12.1 Å². The van der Waals surface area contributed by atoms with Crippen LogP contribution in [-0.4, -0.2) is 69.0 Å². The summed E-state index contributed by atoms with van der Waals surface area (Å²) in [5.74, 6) is -1.24. The number of aromatic nitrogens is 3. The average molecular weight is 518 g/mol. The van der Waals surface area contributed by atoms with Gasteiger partial charge >= 0.3 is 6.36 Å². The van der Waals surface area contributed by atoms with E-state index in [2.05, 4.69) is 30.8 Å². The highest BCUT2D eigenvalue weighted by molar-refractivity contribution is 8.14. The molecule has 1 aromatic carbocycles. The molecule has 2 amide bonds. The van der Waals surface area contributed by atoms with E-state index < -0.39 is 35.6 Å². The van der Waals surface area contributed by atoms with E-state index >= 15 is 0 Å². The number of halogens is 4. The zero-order valence-corrected chi connectivity index (χ0v) is 19.6. The van der Waals surface area contributed by atoms with Crippen LogP contribution in [0.25, 0.3) is 0 Å². The molecule has 10 nitrogen and oxygen atoms in total. The number of hydrazone groups is 1. The summed E-state index contributed by atoms with van der Waals surface area (Å²) in [4.78, 5) is 23.9. The number of hydrogen-bond donors (Lipinski definition) is 2. The van der Waals surface area contributed by atoms with Crippen molar-refractivity contribution < 1.29 is 31.9 Å². The van der Waals surface area contributed by atoms with Crippen LogP contribution >= 0.6 is 11.8 Å². The molecule has 3 rings (SSSR count). The van der Waals surface area contributed by atoms with E-state index in [-0.39, 0.29) is 25.1 Å². The molecule has 1 aromatic heterocycles. The molecule has 0 spiro atoms. The molecule has 0 saturated carbocycles. The molecule has 2 heterocycles. The Morgan fingerprint density at radius 2 is 2.09 bits per heavy atom. The van der Waals surface area contributed by atoms with Crippen LogP contribution < -0.4 is 15.4 Å². The molecule has 35 heavy (non-hydrogen) atoms. The molecule has 15 heteroatoms. The Morgan fingerprint density at radius 1 is 1.31 bits per heavy atom. The highest BCUT2D eigenvalue weighted by Crippen LogP contribution is 2.27. The van der Waals surface area contributed by atoms with Gasteiger partial charge in [0.25, 0.3) is 5.91 Å². The van der Waals surface area contributed by atoms with Crippen LogP contribution in [0.3, 0.4) is 0 Å². The molecule has 0 aliphatic carbocycles. The number of amides is 2. The van der Waals surface area contributed by atoms with Crippen LogP contribution in [0.2, 0.25) is 0 Å². The van der Waals surface area contributed by atoms with Crippen molar-refractivity contribution in [1.82, 2.24) is 30.6 Å². The summed E-state index contributed by atoms with van der Waals surface area (Å²) < 4.78 is 56.7. The largest absolute Gasteiger partial charge is 0.573 e. The lowest BCUT2D eigenvalue weighted by molar-refractivity contribution is -0.274. The normalized spacial score (nSPS) is 16.6. The predicted octanol–water partition coefficient (Wildman–Crippen LogP) is 2.29. The summed E-state index contributed by atoms with van der Waals surface area (Å²) in [5, 5.41) is 19.0. The van der Waals surface area contributed by atoms with Gasteiger partial charge < -0.3 is 15.4 Å². The van der Waals surface area contributed by atoms with E-state index in [0.29, 0.717) is 17.0 Å². The number of thioether (sulfide) groups is 1. The molecule has 0 radical (unpaired) electrons. The first-order valence-corrected chi connectivity index (χ1v) is 11.3. The van der Waals surface area contributed by atoms with Crippen molar-refractivity contribution >= 4 is 28.6 Å². The lowest BCUT2D eigenvalue weighted by Gasteiger charge is -2.19. The molecule has 2 aromatic rings. The minimum absolute atomic E-state index is 0.0743. The molecule has 2 atom stereocenters. The predicted molar refractivity (Wildman–Crippen MR) is 119 cm³/mol. The number of nitrogens with zero attached hydrogens (tertiary/aromatic N) is 5. The molecule has 1 aliphatic rings. The van der Waals surface area contributed by atoms with Crippen molar-refractivity contribution in [3.8, 4) is 5.75 Å². The number of carbonyl (C=O) groups is 2. The third-order valence-corrected chi connectivity index (χ3v) is 5.90. The van der Waals surface area contributed by atoms with E-state index in [1.165, 1.54) is 46.8 Å². The molecule has 0 saturated heterocycles. The van der Waals surface area contributed by atoms with Gasteiger partial charge in [-0.15, -0.1) is 18.3 Å². The van der Waals surface area contributed by atoms with Crippen LogP contribution in [0, 0.1) is 0 Å². The van der Waals surface area contributed by atoms with E-state index in [9.17, 15) is 27.2 Å². The molecule has 1 aliphatic heterocycles. The summed E-state index contributed by atoms with van der Waals surface area (Å²) in [6, 6.07) is 5.18. The van der Waals surface area contributed by atoms with Crippen molar-refractivity contribution in [3.63, 3.8) is 0 Å². The summed E-state index contributed by atoms with van der Waals surface area (Å²) >= 11 is 1.24. The maximum Gasteiger partial charge on any atom is 0.573 e. The van der Waals surface area contributed by atoms with Gasteiger partial charge in [0.15, 0.2) is 11.2 Å². The first-order chi connectivity index (χ1) is 16.5. The van der Waals surface area contributed by atoms with Crippen molar-refractivity contribution in [2.45, 2.75) is 43.8 Å². The molecule has 0 bridgehead atoms. The fraction of sp³-hybridized carbons (Fsp3) is 0.450. The Kier molecular flexibility index (Phi) is 8.53. The first kappa shape index (κ1) is 26.2. The molecular formula is C20H23F4N7O3S. The summed E-state index contributed by atoms with van der Waals surface area (Å²) in [5.41, 5.74) is -0.0881. The van der Waals surface area contributed by atoms with Gasteiger partial charge in [0, 0.05) is 20.5 Å². The molecule has 2 N–H and O–H groups in total. The van der Waals surface area contributed by atoms with Gasteiger partial charge in [0.2, 0.25) is 5.91 Å². The number of carbonyl (C=O) groups excluding carboxylic acids is 2. The van der Waals surface area contributed by atoms with Gasteiger partial charge in [-0.3, -0.25) is 14.6 Å². The third kappa shape index (κ3) is 8.12. The minimum Gasteiger partial charge on any atom is -0.406 e. The fourth-order valence-electron chi connectivity index (χ4n) is 3.11. The van der Waals surface area contributed by atoms with Gasteiger partial charge in [-0.1, -0.05) is 29.1 Å². The van der Waals surface area contributed by atoms with Crippen molar-refractivity contribution in [3.05, 3.63) is 41.7 Å². The highest BCUT2D eigenvalue weighted by Gasteiger charge is 2.31. The van der Waals surface area contributed by atoms with Crippen molar-refractivity contribution in [1.29, 1.82) is 0 Å². The summed E-state index contributed by atoms with van der Waals surface area (Å²) in [6.07, 6.45) is -4.42. The Balaban J connectivity index is 1.44. The maximum atomic E-state index is 14.4. The highest BCUT2D eigenvalue weighted by atomic mass is 32.2. The topological polar surface area (TPSA) is 114 Å². The molecular weight excluding hydrogens is 494 g/mol. The minimum atomic E-state index is -4.82. The average Bonchev–Trinajstić information content (AvgIpc) is 3.37. The third-order valence-electron chi connectivity index (χ3n) is 4.69. The van der Waals surface area contributed by atoms with E-state index in [1.807, 2.05) is 0 Å².